The van der Waals surface area contributed by atoms with Crippen molar-refractivity contribution in [3.8, 4) is 11.8 Å². The highest BCUT2D eigenvalue weighted by Gasteiger charge is 2.20. The highest BCUT2D eigenvalue weighted by Crippen LogP contribution is 2.28. The lowest BCUT2D eigenvalue weighted by Gasteiger charge is -2.19. The van der Waals surface area contributed by atoms with E-state index in [9.17, 15) is 4.79 Å². The number of anilines is 1. The van der Waals surface area contributed by atoms with Gasteiger partial charge in [-0.25, -0.2) is 4.79 Å². The predicted octanol–water partition coefficient (Wildman–Crippen LogP) is 2.32. The molecule has 1 rings (SSSR count). The molecule has 1 unspecified atom stereocenters. The van der Waals surface area contributed by atoms with Gasteiger partial charge in [0.25, 0.3) is 0 Å². The number of nitrogens with zero attached hydrogens (tertiary/aromatic N) is 1. The second-order valence-electron chi connectivity index (χ2n) is 3.85. The Morgan fingerprint density at radius 2 is 2.21 bits per heavy atom. The quantitative estimate of drug-likeness (QED) is 0.796. The number of benzene rings is 1. The topological polar surface area (TPSA) is 71.3 Å². The maximum Gasteiger partial charge on any atom is 0.328 e. The molecule has 1 aromatic carbocycles. The summed E-state index contributed by atoms with van der Waals surface area (Å²) in [6, 6.07) is 6.72. The zero-order valence-electron chi connectivity index (χ0n) is 11.4. The van der Waals surface area contributed by atoms with Crippen LogP contribution in [0.1, 0.15) is 25.8 Å². The SMILES string of the molecule is CCOC(=O)C(CC)Nc1c(C#N)cccc1OC. The van der Waals surface area contributed by atoms with E-state index >= 15 is 0 Å². The molecule has 0 aliphatic rings. The maximum atomic E-state index is 11.8. The molecule has 0 fully saturated rings. The smallest absolute Gasteiger partial charge is 0.328 e. The van der Waals surface area contributed by atoms with Crippen molar-refractivity contribution in [2.45, 2.75) is 26.3 Å². The predicted molar refractivity (Wildman–Crippen MR) is 72.0 cm³/mol. The molecule has 0 aliphatic heterocycles. The van der Waals surface area contributed by atoms with E-state index in [1.165, 1.54) is 7.11 Å². The molecule has 1 atom stereocenters. The molecule has 0 saturated heterocycles. The number of hydrogen-bond acceptors (Lipinski definition) is 5. The summed E-state index contributed by atoms with van der Waals surface area (Å²) in [6.07, 6.45) is 0.557. The van der Waals surface area contributed by atoms with E-state index in [0.29, 0.717) is 30.0 Å². The fourth-order valence-electron chi connectivity index (χ4n) is 1.69. The van der Waals surface area contributed by atoms with Gasteiger partial charge in [-0.2, -0.15) is 5.26 Å². The molecule has 0 bridgehead atoms. The van der Waals surface area contributed by atoms with Crippen LogP contribution < -0.4 is 10.1 Å². The Morgan fingerprint density at radius 1 is 1.47 bits per heavy atom. The molecule has 0 radical (unpaired) electrons. The Balaban J connectivity index is 3.02. The second-order valence-corrected chi connectivity index (χ2v) is 3.85. The largest absolute Gasteiger partial charge is 0.495 e. The summed E-state index contributed by atoms with van der Waals surface area (Å²) >= 11 is 0. The van der Waals surface area contributed by atoms with E-state index in [0.717, 1.165) is 0 Å². The van der Waals surface area contributed by atoms with Crippen LogP contribution in [0.15, 0.2) is 18.2 Å². The Morgan fingerprint density at radius 3 is 2.74 bits per heavy atom. The number of rotatable bonds is 6. The Labute approximate surface area is 113 Å². The Bertz CT molecular complexity index is 480. The molecule has 0 aromatic heterocycles. The fraction of sp³-hybridized carbons (Fsp3) is 0.429. The van der Waals surface area contributed by atoms with Crippen molar-refractivity contribution in [1.82, 2.24) is 0 Å². The third-order valence-corrected chi connectivity index (χ3v) is 2.66. The van der Waals surface area contributed by atoms with E-state index < -0.39 is 6.04 Å². The molecule has 0 heterocycles. The minimum Gasteiger partial charge on any atom is -0.495 e. The first-order valence-corrected chi connectivity index (χ1v) is 6.18. The number of nitrogens with one attached hydrogen (secondary N) is 1. The first-order chi connectivity index (χ1) is 9.17. The first kappa shape index (κ1) is 14.8. The standard InChI is InChI=1S/C14H18N2O3/c1-4-11(14(17)19-5-2)16-13-10(9-15)7-6-8-12(13)18-3/h6-8,11,16H,4-5H2,1-3H3. The minimum absolute atomic E-state index is 0.327. The number of hydrogen-bond donors (Lipinski definition) is 1. The van der Waals surface area contributed by atoms with Crippen LogP contribution in [0.2, 0.25) is 0 Å². The lowest BCUT2D eigenvalue weighted by molar-refractivity contribution is -0.144. The number of ether oxygens (including phenoxy) is 2. The summed E-state index contributed by atoms with van der Waals surface area (Å²) < 4.78 is 10.2. The molecule has 0 amide bonds. The summed E-state index contributed by atoms with van der Waals surface area (Å²) in [6.45, 7) is 3.96. The van der Waals surface area contributed by atoms with Crippen molar-refractivity contribution < 1.29 is 14.3 Å². The lowest BCUT2D eigenvalue weighted by Crippen LogP contribution is -2.31. The summed E-state index contributed by atoms with van der Waals surface area (Å²) in [5.41, 5.74) is 0.953. The minimum atomic E-state index is -0.497. The van der Waals surface area contributed by atoms with Gasteiger partial charge in [-0.15, -0.1) is 0 Å². The molecule has 1 N–H and O–H groups in total. The highest BCUT2D eigenvalue weighted by molar-refractivity contribution is 5.81. The van der Waals surface area contributed by atoms with Crippen molar-refractivity contribution in [2.24, 2.45) is 0 Å². The molecule has 102 valence electrons. The normalized spacial score (nSPS) is 11.3. The van der Waals surface area contributed by atoms with Crippen LogP contribution in [0.3, 0.4) is 0 Å². The summed E-state index contributed by atoms with van der Waals surface area (Å²) in [4.78, 5) is 11.8. The van der Waals surface area contributed by atoms with Gasteiger partial charge in [0, 0.05) is 0 Å². The van der Waals surface area contributed by atoms with Gasteiger partial charge in [-0.05, 0) is 25.5 Å². The number of para-hydroxylation sites is 1. The maximum absolute atomic E-state index is 11.8. The van der Waals surface area contributed by atoms with Crippen molar-refractivity contribution >= 4 is 11.7 Å². The third-order valence-electron chi connectivity index (χ3n) is 2.66. The number of esters is 1. The van der Waals surface area contributed by atoms with Gasteiger partial charge in [0.1, 0.15) is 17.9 Å². The van der Waals surface area contributed by atoms with Crippen LogP contribution in [-0.2, 0) is 9.53 Å². The number of methoxy groups -OCH3 is 1. The van der Waals surface area contributed by atoms with Crippen molar-refractivity contribution in [3.05, 3.63) is 23.8 Å². The third kappa shape index (κ3) is 3.62. The van der Waals surface area contributed by atoms with Crippen LogP contribution >= 0.6 is 0 Å². The molecule has 5 heteroatoms. The Kier molecular flexibility index (Phi) is 5.68. The number of carbonyl (C=O) groups is 1. The monoisotopic (exact) mass is 262 g/mol. The van der Waals surface area contributed by atoms with Crippen LogP contribution in [0.4, 0.5) is 5.69 Å². The highest BCUT2D eigenvalue weighted by atomic mass is 16.5. The van der Waals surface area contributed by atoms with Gasteiger partial charge in [0.05, 0.1) is 25.0 Å². The van der Waals surface area contributed by atoms with Gasteiger partial charge in [0.2, 0.25) is 0 Å². The van der Waals surface area contributed by atoms with Crippen LogP contribution in [0.5, 0.6) is 5.75 Å². The first-order valence-electron chi connectivity index (χ1n) is 6.18. The van der Waals surface area contributed by atoms with E-state index in [1.807, 2.05) is 6.92 Å². The lowest BCUT2D eigenvalue weighted by atomic mass is 10.1. The Hall–Kier alpha value is -2.22. The van der Waals surface area contributed by atoms with E-state index in [1.54, 1.807) is 25.1 Å². The zero-order valence-corrected chi connectivity index (χ0v) is 11.4. The van der Waals surface area contributed by atoms with Crippen LogP contribution in [0.25, 0.3) is 0 Å². The average Bonchev–Trinajstić information content (AvgIpc) is 2.44. The number of carbonyl (C=O) groups excluding carboxylic acids is 1. The van der Waals surface area contributed by atoms with Crippen LogP contribution in [-0.4, -0.2) is 25.7 Å². The van der Waals surface area contributed by atoms with Crippen molar-refractivity contribution in [2.75, 3.05) is 19.0 Å². The molecular weight excluding hydrogens is 244 g/mol. The molecule has 0 spiro atoms. The van der Waals surface area contributed by atoms with Crippen molar-refractivity contribution in [3.63, 3.8) is 0 Å². The molecule has 0 aliphatic carbocycles. The molecular formula is C14H18N2O3. The van der Waals surface area contributed by atoms with Gasteiger partial charge in [-0.3, -0.25) is 0 Å². The average molecular weight is 262 g/mol. The summed E-state index contributed by atoms with van der Waals surface area (Å²) in [7, 11) is 1.52. The van der Waals surface area contributed by atoms with Crippen LogP contribution in [0, 0.1) is 11.3 Å². The second kappa shape index (κ2) is 7.27. The van der Waals surface area contributed by atoms with Gasteiger partial charge in [0.15, 0.2) is 0 Å². The van der Waals surface area contributed by atoms with E-state index in [2.05, 4.69) is 11.4 Å². The molecule has 1 aromatic rings. The zero-order chi connectivity index (χ0) is 14.3. The fourth-order valence-corrected chi connectivity index (χ4v) is 1.69. The van der Waals surface area contributed by atoms with Gasteiger partial charge in [-0.1, -0.05) is 13.0 Å². The molecule has 5 nitrogen and oxygen atoms in total. The van der Waals surface area contributed by atoms with E-state index in [4.69, 9.17) is 14.7 Å². The number of nitriles is 1. The molecule has 19 heavy (non-hydrogen) atoms. The summed E-state index contributed by atoms with van der Waals surface area (Å²) in [5, 5.41) is 12.1. The van der Waals surface area contributed by atoms with Gasteiger partial charge < -0.3 is 14.8 Å². The van der Waals surface area contributed by atoms with E-state index in [-0.39, 0.29) is 5.97 Å². The van der Waals surface area contributed by atoms with Gasteiger partial charge >= 0.3 is 5.97 Å². The summed E-state index contributed by atoms with van der Waals surface area (Å²) in [5.74, 6) is 0.196. The van der Waals surface area contributed by atoms with Crippen molar-refractivity contribution in [1.29, 1.82) is 5.26 Å². The molecule has 0 saturated carbocycles.